The standard InChI is InChI=1S/C12H21N2O3P/c1-5-10(17-4)8(2)6-13-7-9(3)11(15)14(18)12(13)16/h7-8,10H,5-6,18H2,1-4H3/t8-,10?/m1/s1. The summed E-state index contributed by atoms with van der Waals surface area (Å²) in [7, 11) is 3.84. The normalized spacial score (nSPS) is 14.5. The van der Waals surface area contributed by atoms with Gasteiger partial charge in [-0.3, -0.25) is 9.36 Å². The lowest BCUT2D eigenvalue weighted by molar-refractivity contribution is 0.0486. The lowest BCUT2D eigenvalue weighted by Crippen LogP contribution is -2.38. The predicted molar refractivity (Wildman–Crippen MR) is 75.1 cm³/mol. The van der Waals surface area contributed by atoms with Crippen LogP contribution in [0.15, 0.2) is 15.8 Å². The molecule has 5 nitrogen and oxygen atoms in total. The highest BCUT2D eigenvalue weighted by Gasteiger charge is 2.16. The molecule has 0 aliphatic carbocycles. The molecule has 0 aliphatic heterocycles. The van der Waals surface area contributed by atoms with Crippen molar-refractivity contribution in [1.29, 1.82) is 0 Å². The van der Waals surface area contributed by atoms with Crippen LogP contribution in [-0.4, -0.2) is 22.1 Å². The first-order valence-corrected chi connectivity index (χ1v) is 6.55. The number of aromatic nitrogens is 2. The summed E-state index contributed by atoms with van der Waals surface area (Å²) in [5, 5.41) is 0. The molecule has 0 amide bonds. The summed E-state index contributed by atoms with van der Waals surface area (Å²) in [6.45, 7) is 6.34. The van der Waals surface area contributed by atoms with E-state index >= 15 is 0 Å². The molecule has 3 atom stereocenters. The van der Waals surface area contributed by atoms with Crippen molar-refractivity contribution in [1.82, 2.24) is 8.90 Å². The molecule has 1 aromatic rings. The van der Waals surface area contributed by atoms with E-state index in [1.165, 1.54) is 0 Å². The molecule has 0 saturated carbocycles. The smallest absolute Gasteiger partial charge is 0.333 e. The van der Waals surface area contributed by atoms with Crippen molar-refractivity contribution < 1.29 is 4.74 Å². The van der Waals surface area contributed by atoms with Gasteiger partial charge in [-0.2, -0.15) is 0 Å². The Kier molecular flexibility index (Phi) is 5.29. The number of aryl methyl sites for hydroxylation is 1. The predicted octanol–water partition coefficient (Wildman–Crippen LogP) is 1.02. The summed E-state index contributed by atoms with van der Waals surface area (Å²) in [5.74, 6) is 0.208. The molecule has 1 aromatic heterocycles. The third kappa shape index (κ3) is 3.09. The molecule has 0 aromatic carbocycles. The maximum absolute atomic E-state index is 11.9. The summed E-state index contributed by atoms with van der Waals surface area (Å²) in [5.41, 5.74) is -0.0247. The molecular formula is C12H21N2O3P. The first-order valence-electron chi connectivity index (χ1n) is 6.03. The third-order valence-electron chi connectivity index (χ3n) is 3.18. The molecule has 1 rings (SSSR count). The Labute approximate surface area is 109 Å². The summed E-state index contributed by atoms with van der Waals surface area (Å²) < 4.78 is 8.00. The van der Waals surface area contributed by atoms with Gasteiger partial charge in [0.15, 0.2) is 0 Å². The number of rotatable bonds is 5. The molecule has 6 heteroatoms. The van der Waals surface area contributed by atoms with Crippen LogP contribution in [0.25, 0.3) is 0 Å². The first-order chi connectivity index (χ1) is 8.42. The second-order valence-electron chi connectivity index (χ2n) is 4.58. The summed E-state index contributed by atoms with van der Waals surface area (Å²) in [6.07, 6.45) is 2.62. The van der Waals surface area contributed by atoms with Gasteiger partial charge in [-0.25, -0.2) is 9.13 Å². The lowest BCUT2D eigenvalue weighted by Gasteiger charge is -2.22. The van der Waals surface area contributed by atoms with Gasteiger partial charge in [0.1, 0.15) is 0 Å². The summed E-state index contributed by atoms with van der Waals surface area (Å²) >= 11 is 0. The molecule has 18 heavy (non-hydrogen) atoms. The van der Waals surface area contributed by atoms with E-state index in [2.05, 4.69) is 16.3 Å². The average molecular weight is 272 g/mol. The van der Waals surface area contributed by atoms with Crippen molar-refractivity contribution >= 4 is 9.39 Å². The second-order valence-corrected chi connectivity index (χ2v) is 5.10. The largest absolute Gasteiger partial charge is 0.381 e. The zero-order chi connectivity index (χ0) is 13.9. The molecule has 1 heterocycles. The van der Waals surface area contributed by atoms with Gasteiger partial charge in [-0.1, -0.05) is 13.8 Å². The van der Waals surface area contributed by atoms with Crippen LogP contribution in [-0.2, 0) is 11.3 Å². The Morgan fingerprint density at radius 3 is 2.56 bits per heavy atom. The van der Waals surface area contributed by atoms with Crippen LogP contribution < -0.4 is 11.2 Å². The van der Waals surface area contributed by atoms with Crippen LogP contribution in [0.5, 0.6) is 0 Å². The minimum atomic E-state index is -0.312. The van der Waals surface area contributed by atoms with Crippen LogP contribution in [0.3, 0.4) is 0 Å². The van der Waals surface area contributed by atoms with Crippen LogP contribution in [0.1, 0.15) is 25.8 Å². The van der Waals surface area contributed by atoms with Gasteiger partial charge >= 0.3 is 5.69 Å². The van der Waals surface area contributed by atoms with Gasteiger partial charge in [-0.05, 0) is 22.7 Å². The number of hydrogen-bond donors (Lipinski definition) is 0. The van der Waals surface area contributed by atoms with Gasteiger partial charge in [0, 0.05) is 31.3 Å². The topological polar surface area (TPSA) is 53.2 Å². The van der Waals surface area contributed by atoms with Crippen molar-refractivity contribution in [3.05, 3.63) is 32.6 Å². The maximum atomic E-state index is 11.9. The Morgan fingerprint density at radius 2 is 2.06 bits per heavy atom. The number of methoxy groups -OCH3 is 1. The molecule has 0 N–H and O–H groups in total. The Hall–Kier alpha value is -0.930. The van der Waals surface area contributed by atoms with Crippen molar-refractivity contribution in [2.45, 2.75) is 39.8 Å². The van der Waals surface area contributed by atoms with Crippen LogP contribution >= 0.6 is 9.39 Å². The fourth-order valence-electron chi connectivity index (χ4n) is 2.12. The Bertz CT molecular complexity index is 517. The summed E-state index contributed by atoms with van der Waals surface area (Å²) in [4.78, 5) is 23.5. The molecule has 2 unspecified atom stereocenters. The fraction of sp³-hybridized carbons (Fsp3) is 0.667. The first kappa shape index (κ1) is 15.1. The molecule has 0 aliphatic rings. The van der Waals surface area contributed by atoms with Crippen LogP contribution in [0.2, 0.25) is 0 Å². The summed E-state index contributed by atoms with van der Waals surface area (Å²) in [6, 6.07) is 0. The number of ether oxygens (including phenoxy) is 1. The Balaban J connectivity index is 3.06. The van der Waals surface area contributed by atoms with E-state index in [1.807, 2.05) is 6.92 Å². The van der Waals surface area contributed by atoms with Crippen molar-refractivity contribution in [2.75, 3.05) is 7.11 Å². The van der Waals surface area contributed by atoms with Gasteiger partial charge in [0.05, 0.1) is 6.10 Å². The van der Waals surface area contributed by atoms with Crippen molar-refractivity contribution in [3.8, 4) is 0 Å². The molecule has 102 valence electrons. The van der Waals surface area contributed by atoms with Gasteiger partial charge < -0.3 is 4.74 Å². The van der Waals surface area contributed by atoms with Crippen molar-refractivity contribution in [3.63, 3.8) is 0 Å². The molecule has 0 bridgehead atoms. The van der Waals surface area contributed by atoms with Crippen LogP contribution in [0.4, 0.5) is 0 Å². The minimum absolute atomic E-state index is 0.113. The van der Waals surface area contributed by atoms with Gasteiger partial charge in [0.25, 0.3) is 5.56 Å². The molecule has 0 fully saturated rings. The van der Waals surface area contributed by atoms with E-state index in [4.69, 9.17) is 4.74 Å². The highest BCUT2D eigenvalue weighted by molar-refractivity contribution is 7.14. The zero-order valence-electron chi connectivity index (χ0n) is 11.3. The number of hydrogen-bond acceptors (Lipinski definition) is 3. The van der Waals surface area contributed by atoms with E-state index < -0.39 is 0 Å². The molecule has 0 saturated heterocycles. The fourth-order valence-corrected chi connectivity index (χ4v) is 2.47. The van der Waals surface area contributed by atoms with Gasteiger partial charge in [-0.15, -0.1) is 0 Å². The van der Waals surface area contributed by atoms with E-state index in [9.17, 15) is 9.59 Å². The third-order valence-corrected chi connectivity index (χ3v) is 3.64. The Morgan fingerprint density at radius 1 is 1.44 bits per heavy atom. The second kappa shape index (κ2) is 6.30. The highest BCUT2D eigenvalue weighted by atomic mass is 31.0. The molecule has 0 radical (unpaired) electrons. The van der Waals surface area contributed by atoms with Crippen molar-refractivity contribution in [2.24, 2.45) is 5.92 Å². The van der Waals surface area contributed by atoms with E-state index in [1.54, 1.807) is 24.8 Å². The quantitative estimate of drug-likeness (QED) is 0.752. The SMILES string of the molecule is CCC(OC)[C@H](C)Cn1cc(C)c(=O)n(P)c1=O. The minimum Gasteiger partial charge on any atom is -0.381 e. The lowest BCUT2D eigenvalue weighted by atomic mass is 10.0. The zero-order valence-corrected chi connectivity index (χ0v) is 12.5. The molecule has 0 spiro atoms. The molecular weight excluding hydrogens is 251 g/mol. The monoisotopic (exact) mass is 272 g/mol. The highest BCUT2D eigenvalue weighted by Crippen LogP contribution is 2.12. The van der Waals surface area contributed by atoms with Crippen LogP contribution in [0, 0.1) is 12.8 Å². The van der Waals surface area contributed by atoms with E-state index in [0.717, 1.165) is 10.8 Å². The van der Waals surface area contributed by atoms with E-state index in [0.29, 0.717) is 12.1 Å². The van der Waals surface area contributed by atoms with Gasteiger partial charge in [0.2, 0.25) is 0 Å². The number of nitrogens with zero attached hydrogens (tertiary/aromatic N) is 2. The van der Waals surface area contributed by atoms with E-state index in [-0.39, 0.29) is 23.3 Å². The average Bonchev–Trinajstić information content (AvgIpc) is 2.35. The maximum Gasteiger partial charge on any atom is 0.333 e.